The van der Waals surface area contributed by atoms with Gasteiger partial charge in [-0.3, -0.25) is 0 Å². The Balaban J connectivity index is 2.21. The molecule has 1 N–H and O–H groups in total. The van der Waals surface area contributed by atoms with Gasteiger partial charge in [-0.1, -0.05) is 29.8 Å². The minimum Gasteiger partial charge on any atom is -0.469 e. The molecule has 0 saturated carbocycles. The molecular weight excluding hydrogens is 200 g/mol. The largest absolute Gasteiger partial charge is 0.469 e. The summed E-state index contributed by atoms with van der Waals surface area (Å²) >= 11 is 0. The summed E-state index contributed by atoms with van der Waals surface area (Å²) in [5.41, 5.74) is 1.22. The van der Waals surface area contributed by atoms with Crippen LogP contribution < -0.4 is 0 Å². The smallest absolute Gasteiger partial charge is 0.106 e. The predicted octanol–water partition coefficient (Wildman–Crippen LogP) is 3.04. The van der Waals surface area contributed by atoms with Crippen molar-refractivity contribution in [2.45, 2.75) is 25.9 Å². The van der Waals surface area contributed by atoms with Crippen LogP contribution in [0.15, 0.2) is 47.1 Å². The SMILES string of the molecule is Cc1ccc(C(C)(O)Cc2ccco2)cc1. The summed E-state index contributed by atoms with van der Waals surface area (Å²) < 4.78 is 5.25. The Hall–Kier alpha value is -1.54. The third kappa shape index (κ3) is 2.34. The van der Waals surface area contributed by atoms with E-state index in [0.29, 0.717) is 6.42 Å². The normalized spacial score (nSPS) is 14.7. The fourth-order valence-corrected chi connectivity index (χ4v) is 1.77. The average molecular weight is 216 g/mol. The van der Waals surface area contributed by atoms with E-state index in [2.05, 4.69) is 0 Å². The summed E-state index contributed by atoms with van der Waals surface area (Å²) in [6, 6.07) is 11.6. The van der Waals surface area contributed by atoms with Gasteiger partial charge in [-0.25, -0.2) is 0 Å². The molecule has 1 atom stereocenters. The Morgan fingerprint density at radius 3 is 2.44 bits per heavy atom. The maximum absolute atomic E-state index is 10.4. The molecule has 1 aromatic carbocycles. The second kappa shape index (κ2) is 4.14. The monoisotopic (exact) mass is 216 g/mol. The summed E-state index contributed by atoms with van der Waals surface area (Å²) in [5, 5.41) is 10.4. The molecule has 1 heterocycles. The van der Waals surface area contributed by atoms with Crippen LogP contribution in [0.25, 0.3) is 0 Å². The van der Waals surface area contributed by atoms with Crippen molar-refractivity contribution in [1.82, 2.24) is 0 Å². The van der Waals surface area contributed by atoms with Crippen molar-refractivity contribution >= 4 is 0 Å². The number of furan rings is 1. The zero-order chi connectivity index (χ0) is 11.6. The lowest BCUT2D eigenvalue weighted by molar-refractivity contribution is 0.0521. The summed E-state index contributed by atoms with van der Waals surface area (Å²) in [7, 11) is 0. The van der Waals surface area contributed by atoms with Gasteiger partial charge in [-0.15, -0.1) is 0 Å². The third-order valence-electron chi connectivity index (χ3n) is 2.77. The highest BCUT2D eigenvalue weighted by molar-refractivity contribution is 5.27. The van der Waals surface area contributed by atoms with Gasteiger partial charge in [0.05, 0.1) is 11.9 Å². The number of aryl methyl sites for hydroxylation is 1. The van der Waals surface area contributed by atoms with E-state index in [-0.39, 0.29) is 0 Å². The van der Waals surface area contributed by atoms with Gasteiger partial charge in [0.15, 0.2) is 0 Å². The number of hydrogen-bond donors (Lipinski definition) is 1. The molecule has 0 bridgehead atoms. The van der Waals surface area contributed by atoms with Crippen molar-refractivity contribution in [3.8, 4) is 0 Å². The molecule has 2 nitrogen and oxygen atoms in total. The van der Waals surface area contributed by atoms with Crippen LogP contribution in [0.2, 0.25) is 0 Å². The first-order valence-electron chi connectivity index (χ1n) is 5.40. The van der Waals surface area contributed by atoms with Crippen LogP contribution in [0.4, 0.5) is 0 Å². The predicted molar refractivity (Wildman–Crippen MR) is 63.2 cm³/mol. The molecule has 1 aromatic heterocycles. The lowest BCUT2D eigenvalue weighted by Gasteiger charge is -2.22. The average Bonchev–Trinajstić information content (AvgIpc) is 2.70. The van der Waals surface area contributed by atoms with Crippen molar-refractivity contribution in [3.05, 3.63) is 59.5 Å². The Bertz CT molecular complexity index is 438. The van der Waals surface area contributed by atoms with E-state index in [0.717, 1.165) is 11.3 Å². The molecule has 2 rings (SSSR count). The lowest BCUT2D eigenvalue weighted by atomic mass is 9.91. The fraction of sp³-hybridized carbons (Fsp3) is 0.286. The van der Waals surface area contributed by atoms with Gasteiger partial charge in [0, 0.05) is 6.42 Å². The molecule has 0 fully saturated rings. The van der Waals surface area contributed by atoms with Crippen molar-refractivity contribution in [1.29, 1.82) is 0 Å². The molecule has 0 aliphatic carbocycles. The van der Waals surface area contributed by atoms with E-state index < -0.39 is 5.60 Å². The first-order chi connectivity index (χ1) is 7.58. The Morgan fingerprint density at radius 1 is 1.19 bits per heavy atom. The highest BCUT2D eigenvalue weighted by Gasteiger charge is 2.24. The molecule has 2 aromatic rings. The van der Waals surface area contributed by atoms with Crippen LogP contribution in [0.1, 0.15) is 23.8 Å². The highest BCUT2D eigenvalue weighted by Crippen LogP contribution is 2.25. The molecule has 0 aliphatic heterocycles. The van der Waals surface area contributed by atoms with E-state index in [4.69, 9.17) is 4.42 Å². The van der Waals surface area contributed by atoms with Gasteiger partial charge in [0.1, 0.15) is 5.76 Å². The van der Waals surface area contributed by atoms with E-state index in [1.165, 1.54) is 5.56 Å². The first kappa shape index (κ1) is 11.0. The second-order valence-electron chi connectivity index (χ2n) is 4.40. The number of hydrogen-bond acceptors (Lipinski definition) is 2. The fourth-order valence-electron chi connectivity index (χ4n) is 1.77. The van der Waals surface area contributed by atoms with Gasteiger partial charge in [0.2, 0.25) is 0 Å². The van der Waals surface area contributed by atoms with Gasteiger partial charge in [0.25, 0.3) is 0 Å². The Kier molecular flexibility index (Phi) is 2.84. The van der Waals surface area contributed by atoms with Crippen molar-refractivity contribution in [2.24, 2.45) is 0 Å². The zero-order valence-electron chi connectivity index (χ0n) is 9.60. The minimum atomic E-state index is -0.883. The summed E-state index contributed by atoms with van der Waals surface area (Å²) in [6.45, 7) is 3.84. The molecule has 0 amide bonds. The maximum atomic E-state index is 10.4. The van der Waals surface area contributed by atoms with Crippen LogP contribution in [0.5, 0.6) is 0 Å². The third-order valence-corrected chi connectivity index (χ3v) is 2.77. The van der Waals surface area contributed by atoms with Crippen molar-refractivity contribution in [2.75, 3.05) is 0 Å². The second-order valence-corrected chi connectivity index (χ2v) is 4.40. The van der Waals surface area contributed by atoms with Gasteiger partial charge >= 0.3 is 0 Å². The van der Waals surface area contributed by atoms with Gasteiger partial charge in [-0.2, -0.15) is 0 Å². The first-order valence-corrected chi connectivity index (χ1v) is 5.40. The molecule has 0 radical (unpaired) electrons. The van der Waals surface area contributed by atoms with Gasteiger partial charge in [-0.05, 0) is 31.5 Å². The maximum Gasteiger partial charge on any atom is 0.106 e. The molecule has 0 saturated heterocycles. The number of aliphatic hydroxyl groups is 1. The number of benzene rings is 1. The summed E-state index contributed by atoms with van der Waals surface area (Å²) in [4.78, 5) is 0. The quantitative estimate of drug-likeness (QED) is 0.855. The van der Waals surface area contributed by atoms with E-state index >= 15 is 0 Å². The van der Waals surface area contributed by atoms with E-state index in [1.54, 1.807) is 13.2 Å². The molecule has 1 unspecified atom stereocenters. The van der Waals surface area contributed by atoms with Gasteiger partial charge < -0.3 is 9.52 Å². The van der Waals surface area contributed by atoms with E-state index in [9.17, 15) is 5.11 Å². The van der Waals surface area contributed by atoms with Crippen LogP contribution >= 0.6 is 0 Å². The van der Waals surface area contributed by atoms with Crippen LogP contribution in [-0.2, 0) is 12.0 Å². The Labute approximate surface area is 95.5 Å². The topological polar surface area (TPSA) is 33.4 Å². The molecule has 0 aliphatic rings. The minimum absolute atomic E-state index is 0.489. The van der Waals surface area contributed by atoms with Crippen LogP contribution in [-0.4, -0.2) is 5.11 Å². The van der Waals surface area contributed by atoms with E-state index in [1.807, 2.05) is 43.3 Å². The van der Waals surface area contributed by atoms with Crippen molar-refractivity contribution < 1.29 is 9.52 Å². The van der Waals surface area contributed by atoms with Crippen LogP contribution in [0.3, 0.4) is 0 Å². The number of rotatable bonds is 3. The highest BCUT2D eigenvalue weighted by atomic mass is 16.3. The standard InChI is InChI=1S/C14H16O2/c1-11-5-7-12(8-6-11)14(2,15)10-13-4-3-9-16-13/h3-9,15H,10H2,1-2H3. The van der Waals surface area contributed by atoms with Crippen molar-refractivity contribution in [3.63, 3.8) is 0 Å². The van der Waals surface area contributed by atoms with Crippen LogP contribution in [0, 0.1) is 6.92 Å². The Morgan fingerprint density at radius 2 is 1.88 bits per heavy atom. The summed E-state index contributed by atoms with van der Waals surface area (Å²) in [6.07, 6.45) is 2.11. The molecule has 2 heteroatoms. The summed E-state index contributed by atoms with van der Waals surface area (Å²) in [5.74, 6) is 0.797. The molecular formula is C14H16O2. The molecule has 84 valence electrons. The molecule has 16 heavy (non-hydrogen) atoms. The lowest BCUT2D eigenvalue weighted by Crippen LogP contribution is -2.23. The zero-order valence-corrected chi connectivity index (χ0v) is 9.60. The molecule has 0 spiro atoms.